The van der Waals surface area contributed by atoms with E-state index in [1.54, 1.807) is 38.4 Å². The van der Waals surface area contributed by atoms with Gasteiger partial charge >= 0.3 is 0 Å². The van der Waals surface area contributed by atoms with Crippen LogP contribution in [-0.4, -0.2) is 51.5 Å². The van der Waals surface area contributed by atoms with Gasteiger partial charge in [0.25, 0.3) is 17.7 Å². The number of carbonyl (C=O) groups is 3. The van der Waals surface area contributed by atoms with E-state index in [-0.39, 0.29) is 30.8 Å². The summed E-state index contributed by atoms with van der Waals surface area (Å²) in [5.41, 5.74) is 1.15. The molecule has 0 aliphatic carbocycles. The number of benzene rings is 1. The standard InChI is InChI=1S/C16H24N4O3/c1-4-9-18-14(21)10-20(3)11-15(22)19-13-7-5-12(6-8-13)16(23)17-2/h5-8H,4,9-11H2,1-3H3,(H,17,23)(H,18,21)(H,19,22)/p+1. The molecule has 23 heavy (non-hydrogen) atoms. The molecule has 3 amide bonds. The molecule has 0 bridgehead atoms. The molecule has 0 aliphatic heterocycles. The second kappa shape index (κ2) is 9.58. The Kier molecular flexibility index (Phi) is 7.76. The first-order valence-corrected chi connectivity index (χ1v) is 7.66. The highest BCUT2D eigenvalue weighted by Crippen LogP contribution is 2.09. The SMILES string of the molecule is CCCNC(=O)C[NH+](C)CC(=O)Nc1ccc(C(=O)NC)cc1. The van der Waals surface area contributed by atoms with Crippen LogP contribution >= 0.6 is 0 Å². The van der Waals surface area contributed by atoms with Gasteiger partial charge in [0.05, 0.1) is 7.05 Å². The van der Waals surface area contributed by atoms with E-state index in [0.29, 0.717) is 17.8 Å². The molecule has 0 aliphatic rings. The third kappa shape index (κ3) is 6.92. The third-order valence-corrected chi connectivity index (χ3v) is 3.15. The molecule has 7 heteroatoms. The van der Waals surface area contributed by atoms with Crippen molar-refractivity contribution in [2.24, 2.45) is 0 Å². The van der Waals surface area contributed by atoms with E-state index in [4.69, 9.17) is 0 Å². The summed E-state index contributed by atoms with van der Waals surface area (Å²) in [6.07, 6.45) is 0.886. The highest BCUT2D eigenvalue weighted by Gasteiger charge is 2.14. The Hall–Kier alpha value is -2.41. The average molecular weight is 321 g/mol. The number of hydrogen-bond donors (Lipinski definition) is 4. The quantitative estimate of drug-likeness (QED) is 0.496. The lowest BCUT2D eigenvalue weighted by atomic mass is 10.2. The maximum absolute atomic E-state index is 12.0. The Balaban J connectivity index is 2.43. The number of quaternary nitrogens is 1. The lowest BCUT2D eigenvalue weighted by Crippen LogP contribution is -3.11. The van der Waals surface area contributed by atoms with Crippen LogP contribution in [0.2, 0.25) is 0 Å². The van der Waals surface area contributed by atoms with Crippen molar-refractivity contribution >= 4 is 23.4 Å². The number of hydrogen-bond acceptors (Lipinski definition) is 3. The minimum absolute atomic E-state index is 0.0629. The van der Waals surface area contributed by atoms with Gasteiger partial charge in [-0.25, -0.2) is 0 Å². The van der Waals surface area contributed by atoms with Crippen molar-refractivity contribution in [2.45, 2.75) is 13.3 Å². The molecule has 126 valence electrons. The van der Waals surface area contributed by atoms with Crippen LogP contribution < -0.4 is 20.9 Å². The zero-order valence-corrected chi connectivity index (χ0v) is 13.9. The molecule has 4 N–H and O–H groups in total. The van der Waals surface area contributed by atoms with E-state index in [0.717, 1.165) is 11.3 Å². The largest absolute Gasteiger partial charge is 0.355 e. The van der Waals surface area contributed by atoms with Crippen molar-refractivity contribution in [3.8, 4) is 0 Å². The van der Waals surface area contributed by atoms with Crippen molar-refractivity contribution < 1.29 is 19.3 Å². The van der Waals surface area contributed by atoms with Crippen LogP contribution in [0.15, 0.2) is 24.3 Å². The minimum atomic E-state index is -0.182. The number of carbonyl (C=O) groups excluding carboxylic acids is 3. The number of amides is 3. The van der Waals surface area contributed by atoms with Crippen LogP contribution in [0.4, 0.5) is 5.69 Å². The summed E-state index contributed by atoms with van der Waals surface area (Å²) in [4.78, 5) is 35.8. The van der Waals surface area contributed by atoms with Crippen LogP contribution in [0, 0.1) is 0 Å². The number of anilines is 1. The Morgan fingerprint density at radius 1 is 1.04 bits per heavy atom. The van der Waals surface area contributed by atoms with Gasteiger partial charge in [0.2, 0.25) is 0 Å². The second-order valence-electron chi connectivity index (χ2n) is 5.37. The van der Waals surface area contributed by atoms with Gasteiger partial charge in [-0.15, -0.1) is 0 Å². The zero-order valence-electron chi connectivity index (χ0n) is 13.9. The fourth-order valence-corrected chi connectivity index (χ4v) is 1.99. The average Bonchev–Trinajstić information content (AvgIpc) is 2.52. The predicted octanol–water partition coefficient (Wildman–Crippen LogP) is -0.974. The van der Waals surface area contributed by atoms with Gasteiger partial charge in [0, 0.05) is 24.8 Å². The summed E-state index contributed by atoms with van der Waals surface area (Å²) >= 11 is 0. The van der Waals surface area contributed by atoms with Gasteiger partial charge in [-0.2, -0.15) is 0 Å². The summed E-state index contributed by atoms with van der Waals surface area (Å²) in [7, 11) is 3.35. The van der Waals surface area contributed by atoms with E-state index in [1.807, 2.05) is 6.92 Å². The first-order valence-electron chi connectivity index (χ1n) is 7.66. The normalized spacial score (nSPS) is 11.4. The number of nitrogens with one attached hydrogen (secondary N) is 4. The molecular formula is C16H25N4O3+. The molecule has 1 rings (SSSR count). The van der Waals surface area contributed by atoms with Gasteiger partial charge in [0.15, 0.2) is 13.1 Å². The molecule has 0 saturated heterocycles. The molecule has 0 aromatic heterocycles. The number of rotatable bonds is 8. The van der Waals surface area contributed by atoms with Crippen molar-refractivity contribution in [3.05, 3.63) is 29.8 Å². The van der Waals surface area contributed by atoms with Gasteiger partial charge in [-0.05, 0) is 30.7 Å². The molecule has 0 fully saturated rings. The molecule has 0 radical (unpaired) electrons. The molecule has 1 atom stereocenters. The van der Waals surface area contributed by atoms with Crippen LogP contribution in [0.25, 0.3) is 0 Å². The van der Waals surface area contributed by atoms with Gasteiger partial charge < -0.3 is 20.9 Å². The maximum atomic E-state index is 12.0. The summed E-state index contributed by atoms with van der Waals surface area (Å²) in [6, 6.07) is 6.63. The molecule has 0 heterocycles. The lowest BCUT2D eigenvalue weighted by molar-refractivity contribution is -0.862. The summed E-state index contributed by atoms with van der Waals surface area (Å²) in [6.45, 7) is 3.08. The second-order valence-corrected chi connectivity index (χ2v) is 5.37. The molecular weight excluding hydrogens is 296 g/mol. The van der Waals surface area contributed by atoms with E-state index in [1.165, 1.54) is 0 Å². The number of likely N-dealkylation sites (N-methyl/N-ethyl adjacent to an activating group) is 1. The fourth-order valence-electron chi connectivity index (χ4n) is 1.99. The van der Waals surface area contributed by atoms with E-state index in [2.05, 4.69) is 16.0 Å². The minimum Gasteiger partial charge on any atom is -0.355 e. The predicted molar refractivity (Wildman–Crippen MR) is 88.4 cm³/mol. The first kappa shape index (κ1) is 18.6. The van der Waals surface area contributed by atoms with Crippen molar-refractivity contribution in [2.75, 3.05) is 39.0 Å². The Labute approximate surface area is 136 Å². The molecule has 1 aromatic carbocycles. The molecule has 7 nitrogen and oxygen atoms in total. The van der Waals surface area contributed by atoms with Gasteiger partial charge in [-0.1, -0.05) is 6.92 Å². The molecule has 1 aromatic rings. The zero-order chi connectivity index (χ0) is 17.2. The van der Waals surface area contributed by atoms with Crippen LogP contribution in [0.3, 0.4) is 0 Å². The van der Waals surface area contributed by atoms with Crippen LogP contribution in [0.5, 0.6) is 0 Å². The monoisotopic (exact) mass is 321 g/mol. The Bertz CT molecular complexity index is 543. The Morgan fingerprint density at radius 2 is 1.65 bits per heavy atom. The maximum Gasteiger partial charge on any atom is 0.279 e. The van der Waals surface area contributed by atoms with E-state index in [9.17, 15) is 14.4 Å². The topological polar surface area (TPSA) is 91.7 Å². The smallest absolute Gasteiger partial charge is 0.279 e. The van der Waals surface area contributed by atoms with Crippen LogP contribution in [-0.2, 0) is 9.59 Å². The highest BCUT2D eigenvalue weighted by atomic mass is 16.2. The third-order valence-electron chi connectivity index (χ3n) is 3.15. The summed E-state index contributed by atoms with van der Waals surface area (Å²) in [5, 5.41) is 8.06. The molecule has 0 spiro atoms. The highest BCUT2D eigenvalue weighted by molar-refractivity contribution is 5.95. The first-order chi connectivity index (χ1) is 11.0. The van der Waals surface area contributed by atoms with Crippen molar-refractivity contribution in [1.29, 1.82) is 0 Å². The van der Waals surface area contributed by atoms with Gasteiger partial charge in [0.1, 0.15) is 0 Å². The Morgan fingerprint density at radius 3 is 2.22 bits per heavy atom. The fraction of sp³-hybridized carbons (Fsp3) is 0.438. The lowest BCUT2D eigenvalue weighted by Gasteiger charge is -2.13. The van der Waals surface area contributed by atoms with E-state index >= 15 is 0 Å². The molecule has 1 unspecified atom stereocenters. The van der Waals surface area contributed by atoms with Crippen molar-refractivity contribution in [3.63, 3.8) is 0 Å². The van der Waals surface area contributed by atoms with Crippen LogP contribution in [0.1, 0.15) is 23.7 Å². The molecule has 0 saturated carbocycles. The summed E-state index contributed by atoms with van der Waals surface area (Å²) < 4.78 is 0. The van der Waals surface area contributed by atoms with Crippen molar-refractivity contribution in [1.82, 2.24) is 10.6 Å². The summed E-state index contributed by atoms with van der Waals surface area (Å²) in [5.74, 6) is -0.421. The van der Waals surface area contributed by atoms with Gasteiger partial charge in [-0.3, -0.25) is 14.4 Å². The van der Waals surface area contributed by atoms with E-state index < -0.39 is 0 Å².